The van der Waals surface area contributed by atoms with Crippen molar-refractivity contribution in [3.63, 3.8) is 0 Å². The van der Waals surface area contributed by atoms with Crippen LogP contribution < -0.4 is 10.2 Å². The van der Waals surface area contributed by atoms with Gasteiger partial charge in [0.1, 0.15) is 5.82 Å². The summed E-state index contributed by atoms with van der Waals surface area (Å²) in [5, 5.41) is 2.66. The van der Waals surface area contributed by atoms with Gasteiger partial charge < -0.3 is 10.2 Å². The molecule has 0 aromatic heterocycles. The zero-order chi connectivity index (χ0) is 17.8. The van der Waals surface area contributed by atoms with Crippen molar-refractivity contribution in [2.24, 2.45) is 0 Å². The van der Waals surface area contributed by atoms with E-state index in [-0.39, 0.29) is 11.8 Å². The summed E-state index contributed by atoms with van der Waals surface area (Å²) in [5.74, 6) is -0.572. The van der Waals surface area contributed by atoms with Gasteiger partial charge in [-0.15, -0.1) is 0 Å². The van der Waals surface area contributed by atoms with E-state index in [9.17, 15) is 14.0 Å². The normalized spacial score (nSPS) is 14.3. The Morgan fingerprint density at radius 2 is 1.96 bits per heavy atom. The van der Waals surface area contributed by atoms with Gasteiger partial charge in [0.15, 0.2) is 0 Å². The van der Waals surface area contributed by atoms with E-state index >= 15 is 0 Å². The molecule has 128 valence electrons. The summed E-state index contributed by atoms with van der Waals surface area (Å²) >= 11 is 0. The summed E-state index contributed by atoms with van der Waals surface area (Å²) in [7, 11) is 0. The van der Waals surface area contributed by atoms with E-state index < -0.39 is 5.82 Å². The molecule has 0 spiro atoms. The number of nitrogens with one attached hydrogen (secondary N) is 1. The number of nitrogens with zero attached hydrogens (tertiary/aromatic N) is 1. The standard InChI is InChI=1S/C20H19FN2O2/c1-14-4-8-16(21)13-18(14)22-19(24)11-7-15-5-9-17(10-6-15)23-12-2-3-20(23)25/h4-11,13H,2-3,12H2,1H3,(H,22,24)/b11-7+. The van der Waals surface area contributed by atoms with Crippen molar-refractivity contribution in [3.8, 4) is 0 Å². The van der Waals surface area contributed by atoms with Crippen LogP contribution in [0.25, 0.3) is 6.08 Å². The summed E-state index contributed by atoms with van der Waals surface area (Å²) in [6, 6.07) is 11.7. The minimum absolute atomic E-state index is 0.146. The van der Waals surface area contributed by atoms with E-state index in [2.05, 4.69) is 5.32 Å². The summed E-state index contributed by atoms with van der Waals surface area (Å²) < 4.78 is 13.2. The Morgan fingerprint density at radius 1 is 1.20 bits per heavy atom. The molecule has 0 unspecified atom stereocenters. The predicted molar refractivity (Wildman–Crippen MR) is 96.8 cm³/mol. The zero-order valence-electron chi connectivity index (χ0n) is 14.0. The molecule has 5 heteroatoms. The SMILES string of the molecule is Cc1ccc(F)cc1NC(=O)/C=C/c1ccc(N2CCCC2=O)cc1. The highest BCUT2D eigenvalue weighted by Gasteiger charge is 2.21. The number of amides is 2. The monoisotopic (exact) mass is 338 g/mol. The molecule has 4 nitrogen and oxygen atoms in total. The largest absolute Gasteiger partial charge is 0.322 e. The fourth-order valence-corrected chi connectivity index (χ4v) is 2.76. The highest BCUT2D eigenvalue weighted by Crippen LogP contribution is 2.22. The van der Waals surface area contributed by atoms with Crippen molar-refractivity contribution in [2.75, 3.05) is 16.8 Å². The van der Waals surface area contributed by atoms with Crippen LogP contribution in [0.1, 0.15) is 24.0 Å². The van der Waals surface area contributed by atoms with Crippen LogP contribution >= 0.6 is 0 Å². The number of anilines is 2. The molecule has 1 N–H and O–H groups in total. The van der Waals surface area contributed by atoms with Crippen molar-refractivity contribution in [2.45, 2.75) is 19.8 Å². The molecular weight excluding hydrogens is 319 g/mol. The van der Waals surface area contributed by atoms with E-state index in [0.29, 0.717) is 12.1 Å². The number of carbonyl (C=O) groups excluding carboxylic acids is 2. The van der Waals surface area contributed by atoms with Gasteiger partial charge in [0.05, 0.1) is 0 Å². The molecular formula is C20H19FN2O2. The van der Waals surface area contributed by atoms with Crippen LogP contribution in [-0.4, -0.2) is 18.4 Å². The molecule has 1 fully saturated rings. The van der Waals surface area contributed by atoms with Crippen molar-refractivity contribution in [1.29, 1.82) is 0 Å². The van der Waals surface area contributed by atoms with Gasteiger partial charge in [0.25, 0.3) is 0 Å². The van der Waals surface area contributed by atoms with Gasteiger partial charge in [-0.25, -0.2) is 4.39 Å². The second-order valence-electron chi connectivity index (χ2n) is 6.02. The van der Waals surface area contributed by atoms with E-state index in [4.69, 9.17) is 0 Å². The van der Waals surface area contributed by atoms with Crippen LogP contribution in [0.5, 0.6) is 0 Å². The van der Waals surface area contributed by atoms with Crippen molar-refractivity contribution < 1.29 is 14.0 Å². The van der Waals surface area contributed by atoms with Gasteiger partial charge in [-0.1, -0.05) is 18.2 Å². The second kappa shape index (κ2) is 7.30. The molecule has 2 aromatic rings. The lowest BCUT2D eigenvalue weighted by atomic mass is 10.1. The maximum Gasteiger partial charge on any atom is 0.248 e. The molecule has 3 rings (SSSR count). The Bertz CT molecular complexity index is 828. The highest BCUT2D eigenvalue weighted by molar-refractivity contribution is 6.02. The summed E-state index contributed by atoms with van der Waals surface area (Å²) in [5.41, 5.74) is 2.97. The fourth-order valence-electron chi connectivity index (χ4n) is 2.76. The number of benzene rings is 2. The second-order valence-corrected chi connectivity index (χ2v) is 6.02. The molecule has 25 heavy (non-hydrogen) atoms. The van der Waals surface area contributed by atoms with Gasteiger partial charge in [-0.3, -0.25) is 9.59 Å². The Balaban J connectivity index is 1.64. The number of carbonyl (C=O) groups is 2. The Kier molecular flexibility index (Phi) is 4.93. The summed E-state index contributed by atoms with van der Waals surface area (Å²) in [6.07, 6.45) is 4.57. The highest BCUT2D eigenvalue weighted by atomic mass is 19.1. The van der Waals surface area contributed by atoms with Gasteiger partial charge in [-0.05, 0) is 54.8 Å². The first kappa shape index (κ1) is 16.9. The molecule has 1 aliphatic heterocycles. The number of hydrogen-bond acceptors (Lipinski definition) is 2. The third-order valence-corrected chi connectivity index (χ3v) is 4.16. The molecule has 0 aliphatic carbocycles. The van der Waals surface area contributed by atoms with Gasteiger partial charge in [0, 0.05) is 30.4 Å². The van der Waals surface area contributed by atoms with Gasteiger partial charge in [-0.2, -0.15) is 0 Å². The summed E-state index contributed by atoms with van der Waals surface area (Å²) in [4.78, 5) is 25.5. The van der Waals surface area contributed by atoms with E-state index in [1.807, 2.05) is 24.3 Å². The first-order chi connectivity index (χ1) is 12.0. The van der Waals surface area contributed by atoms with Crippen LogP contribution in [0.2, 0.25) is 0 Å². The van der Waals surface area contributed by atoms with E-state index in [0.717, 1.165) is 29.8 Å². The lowest BCUT2D eigenvalue weighted by molar-refractivity contribution is -0.117. The first-order valence-electron chi connectivity index (χ1n) is 8.18. The van der Waals surface area contributed by atoms with Crippen molar-refractivity contribution in [3.05, 3.63) is 65.5 Å². The van der Waals surface area contributed by atoms with Gasteiger partial charge in [0.2, 0.25) is 11.8 Å². The minimum atomic E-state index is -0.392. The van der Waals surface area contributed by atoms with Crippen molar-refractivity contribution >= 4 is 29.3 Å². The molecule has 1 aliphatic rings. The van der Waals surface area contributed by atoms with E-state index in [1.54, 1.807) is 24.0 Å². The number of hydrogen-bond donors (Lipinski definition) is 1. The first-order valence-corrected chi connectivity index (χ1v) is 8.18. The lowest BCUT2D eigenvalue weighted by Gasteiger charge is -2.15. The average molecular weight is 338 g/mol. The average Bonchev–Trinajstić information content (AvgIpc) is 3.03. The fraction of sp³-hybridized carbons (Fsp3) is 0.200. The number of rotatable bonds is 4. The molecule has 2 aromatic carbocycles. The molecule has 1 heterocycles. The summed E-state index contributed by atoms with van der Waals surface area (Å²) in [6.45, 7) is 2.56. The molecule has 1 saturated heterocycles. The minimum Gasteiger partial charge on any atom is -0.322 e. The van der Waals surface area contributed by atoms with Crippen molar-refractivity contribution in [1.82, 2.24) is 0 Å². The third kappa shape index (κ3) is 4.12. The third-order valence-electron chi connectivity index (χ3n) is 4.16. The molecule has 0 radical (unpaired) electrons. The number of halogens is 1. The molecule has 0 atom stereocenters. The molecule has 2 amide bonds. The number of aryl methyl sites for hydroxylation is 1. The quantitative estimate of drug-likeness (QED) is 0.859. The van der Waals surface area contributed by atoms with Crippen LogP contribution in [0.15, 0.2) is 48.5 Å². The smallest absolute Gasteiger partial charge is 0.248 e. The lowest BCUT2D eigenvalue weighted by Crippen LogP contribution is -2.23. The Morgan fingerprint density at radius 3 is 2.64 bits per heavy atom. The molecule has 0 saturated carbocycles. The van der Waals surface area contributed by atoms with Gasteiger partial charge >= 0.3 is 0 Å². The van der Waals surface area contributed by atoms with Crippen LogP contribution in [0.4, 0.5) is 15.8 Å². The van der Waals surface area contributed by atoms with E-state index in [1.165, 1.54) is 18.2 Å². The molecule has 0 bridgehead atoms. The predicted octanol–water partition coefficient (Wildman–Crippen LogP) is 3.91. The zero-order valence-corrected chi connectivity index (χ0v) is 14.0. The van der Waals surface area contributed by atoms with Crippen LogP contribution in [-0.2, 0) is 9.59 Å². The topological polar surface area (TPSA) is 49.4 Å². The Labute approximate surface area is 146 Å². The Hall–Kier alpha value is -2.95. The van der Waals surface area contributed by atoms with Crippen LogP contribution in [0.3, 0.4) is 0 Å². The maximum absolute atomic E-state index is 13.2. The maximum atomic E-state index is 13.2. The van der Waals surface area contributed by atoms with Crippen LogP contribution in [0, 0.1) is 12.7 Å².